The summed E-state index contributed by atoms with van der Waals surface area (Å²) in [6, 6.07) is 7.10. The number of hydrogen-bond acceptors (Lipinski definition) is 3. The van der Waals surface area contributed by atoms with Crippen LogP contribution in [-0.4, -0.2) is 42.1 Å². The van der Waals surface area contributed by atoms with Crippen LogP contribution in [0, 0.1) is 0 Å². The van der Waals surface area contributed by atoms with Crippen molar-refractivity contribution in [1.82, 2.24) is 15.2 Å². The molecular weight excluding hydrogens is 210 g/mol. The zero-order valence-corrected chi connectivity index (χ0v) is 10.3. The molecule has 3 heteroatoms. The zero-order chi connectivity index (χ0) is 11.5. The first-order valence-corrected chi connectivity index (χ1v) is 6.79. The molecule has 1 saturated heterocycles. The molecule has 1 saturated carbocycles. The number of hydrogen-bond donors (Lipinski definition) is 1. The van der Waals surface area contributed by atoms with Crippen LogP contribution in [-0.2, 0) is 0 Å². The Morgan fingerprint density at radius 3 is 2.82 bits per heavy atom. The van der Waals surface area contributed by atoms with E-state index >= 15 is 0 Å². The number of nitrogens with zero attached hydrogens (tertiary/aromatic N) is 2. The fourth-order valence-corrected chi connectivity index (χ4v) is 3.22. The maximum atomic E-state index is 4.51. The second-order valence-corrected chi connectivity index (χ2v) is 5.20. The largest absolute Gasteiger partial charge is 0.314 e. The number of pyridine rings is 1. The monoisotopic (exact) mass is 231 g/mol. The van der Waals surface area contributed by atoms with Gasteiger partial charge in [0.15, 0.2) is 0 Å². The minimum atomic E-state index is 0.691. The zero-order valence-electron chi connectivity index (χ0n) is 10.3. The second kappa shape index (κ2) is 5.15. The van der Waals surface area contributed by atoms with Crippen LogP contribution in [0.3, 0.4) is 0 Å². The fraction of sp³-hybridized carbons (Fsp3) is 0.643. The smallest absolute Gasteiger partial charge is 0.0435 e. The summed E-state index contributed by atoms with van der Waals surface area (Å²) in [6.07, 6.45) is 5.89. The van der Waals surface area contributed by atoms with E-state index in [2.05, 4.69) is 27.3 Å². The minimum absolute atomic E-state index is 0.691. The molecular formula is C14H21N3. The average Bonchev–Trinajstić information content (AvgIpc) is 2.90. The van der Waals surface area contributed by atoms with E-state index < -0.39 is 0 Å². The maximum absolute atomic E-state index is 4.51. The Balaban J connectivity index is 1.61. The van der Waals surface area contributed by atoms with Crippen molar-refractivity contribution >= 4 is 0 Å². The molecule has 92 valence electrons. The van der Waals surface area contributed by atoms with Gasteiger partial charge in [-0.05, 0) is 31.4 Å². The summed E-state index contributed by atoms with van der Waals surface area (Å²) in [7, 11) is 0. The molecule has 0 bridgehead atoms. The lowest BCUT2D eigenvalue weighted by molar-refractivity contribution is 0.174. The summed E-state index contributed by atoms with van der Waals surface area (Å²) in [5, 5.41) is 3.43. The molecule has 1 aromatic heterocycles. The first-order valence-electron chi connectivity index (χ1n) is 6.79. The third kappa shape index (κ3) is 2.50. The van der Waals surface area contributed by atoms with Gasteiger partial charge in [0, 0.05) is 50.0 Å². The average molecular weight is 231 g/mol. The number of piperazine rings is 1. The van der Waals surface area contributed by atoms with Crippen molar-refractivity contribution in [2.45, 2.75) is 31.2 Å². The first-order chi connectivity index (χ1) is 8.43. The van der Waals surface area contributed by atoms with Crippen LogP contribution in [0.5, 0.6) is 0 Å². The predicted octanol–water partition coefficient (Wildman–Crippen LogP) is 1.62. The molecule has 3 rings (SSSR count). The molecule has 2 aliphatic rings. The molecule has 3 nitrogen and oxygen atoms in total. The van der Waals surface area contributed by atoms with Crippen LogP contribution in [0.2, 0.25) is 0 Å². The number of aromatic nitrogens is 1. The van der Waals surface area contributed by atoms with E-state index in [0.29, 0.717) is 5.92 Å². The summed E-state index contributed by atoms with van der Waals surface area (Å²) in [5.41, 5.74) is 1.30. The van der Waals surface area contributed by atoms with E-state index in [9.17, 15) is 0 Å². The van der Waals surface area contributed by atoms with E-state index in [0.717, 1.165) is 19.1 Å². The predicted molar refractivity (Wildman–Crippen MR) is 69.1 cm³/mol. The standard InChI is InChI=1S/C14H21N3/c1-2-6-16-14(3-1)12-4-5-13(11-12)17-9-7-15-8-10-17/h1-3,6,12-13,15H,4-5,7-11H2. The van der Waals surface area contributed by atoms with Gasteiger partial charge >= 0.3 is 0 Å². The molecule has 17 heavy (non-hydrogen) atoms. The third-order valence-electron chi connectivity index (χ3n) is 4.18. The van der Waals surface area contributed by atoms with Crippen LogP contribution < -0.4 is 5.32 Å². The van der Waals surface area contributed by atoms with Gasteiger partial charge in [0.1, 0.15) is 0 Å². The lowest BCUT2D eigenvalue weighted by Gasteiger charge is -2.32. The van der Waals surface area contributed by atoms with Crippen LogP contribution in [0.1, 0.15) is 30.9 Å². The molecule has 1 N–H and O–H groups in total. The second-order valence-electron chi connectivity index (χ2n) is 5.20. The Morgan fingerprint density at radius 1 is 1.18 bits per heavy atom. The fourth-order valence-electron chi connectivity index (χ4n) is 3.22. The molecule has 2 fully saturated rings. The summed E-state index contributed by atoms with van der Waals surface area (Å²) < 4.78 is 0. The summed E-state index contributed by atoms with van der Waals surface area (Å²) in [6.45, 7) is 4.76. The van der Waals surface area contributed by atoms with Crippen molar-refractivity contribution in [3.8, 4) is 0 Å². The van der Waals surface area contributed by atoms with Crippen molar-refractivity contribution in [2.75, 3.05) is 26.2 Å². The van der Waals surface area contributed by atoms with Gasteiger partial charge in [0.25, 0.3) is 0 Å². The first kappa shape index (κ1) is 11.2. The van der Waals surface area contributed by atoms with Gasteiger partial charge in [-0.1, -0.05) is 6.07 Å². The van der Waals surface area contributed by atoms with Crippen molar-refractivity contribution in [3.05, 3.63) is 30.1 Å². The topological polar surface area (TPSA) is 28.2 Å². The highest BCUT2D eigenvalue weighted by atomic mass is 15.2. The van der Waals surface area contributed by atoms with Crippen LogP contribution in [0.15, 0.2) is 24.4 Å². The van der Waals surface area contributed by atoms with E-state index in [-0.39, 0.29) is 0 Å². The van der Waals surface area contributed by atoms with E-state index in [1.54, 1.807) is 0 Å². The van der Waals surface area contributed by atoms with Crippen LogP contribution in [0.25, 0.3) is 0 Å². The van der Waals surface area contributed by atoms with Crippen LogP contribution >= 0.6 is 0 Å². The lowest BCUT2D eigenvalue weighted by Crippen LogP contribution is -2.47. The molecule has 2 atom stereocenters. The summed E-state index contributed by atoms with van der Waals surface area (Å²) >= 11 is 0. The number of rotatable bonds is 2. The molecule has 0 amide bonds. The highest BCUT2D eigenvalue weighted by Crippen LogP contribution is 2.35. The van der Waals surface area contributed by atoms with Crippen molar-refractivity contribution in [1.29, 1.82) is 0 Å². The van der Waals surface area contributed by atoms with E-state index in [4.69, 9.17) is 0 Å². The van der Waals surface area contributed by atoms with E-state index in [1.807, 2.05) is 12.3 Å². The molecule has 0 radical (unpaired) electrons. The molecule has 0 spiro atoms. The van der Waals surface area contributed by atoms with Crippen molar-refractivity contribution in [3.63, 3.8) is 0 Å². The summed E-state index contributed by atoms with van der Waals surface area (Å²) in [5.74, 6) is 0.691. The van der Waals surface area contributed by atoms with Gasteiger partial charge in [-0.25, -0.2) is 0 Å². The van der Waals surface area contributed by atoms with Gasteiger partial charge in [-0.2, -0.15) is 0 Å². The highest BCUT2D eigenvalue weighted by molar-refractivity contribution is 5.12. The summed E-state index contributed by atoms with van der Waals surface area (Å²) in [4.78, 5) is 7.18. The highest BCUT2D eigenvalue weighted by Gasteiger charge is 2.30. The minimum Gasteiger partial charge on any atom is -0.314 e. The van der Waals surface area contributed by atoms with Crippen LogP contribution in [0.4, 0.5) is 0 Å². The van der Waals surface area contributed by atoms with Crippen molar-refractivity contribution < 1.29 is 0 Å². The number of nitrogens with one attached hydrogen (secondary N) is 1. The lowest BCUT2D eigenvalue weighted by atomic mass is 10.0. The van der Waals surface area contributed by atoms with Gasteiger partial charge in [0.05, 0.1) is 0 Å². The molecule has 2 heterocycles. The Kier molecular flexibility index (Phi) is 3.39. The molecule has 1 aliphatic carbocycles. The molecule has 0 aromatic carbocycles. The Hall–Kier alpha value is -0.930. The van der Waals surface area contributed by atoms with Gasteiger partial charge in [-0.3, -0.25) is 9.88 Å². The van der Waals surface area contributed by atoms with Crippen molar-refractivity contribution in [2.24, 2.45) is 0 Å². The molecule has 1 aromatic rings. The van der Waals surface area contributed by atoms with Gasteiger partial charge < -0.3 is 5.32 Å². The third-order valence-corrected chi connectivity index (χ3v) is 4.18. The Labute approximate surface area is 103 Å². The quantitative estimate of drug-likeness (QED) is 0.838. The maximum Gasteiger partial charge on any atom is 0.0435 e. The van der Waals surface area contributed by atoms with E-state index in [1.165, 1.54) is 38.0 Å². The van der Waals surface area contributed by atoms with Gasteiger partial charge in [0.2, 0.25) is 0 Å². The Morgan fingerprint density at radius 2 is 2.06 bits per heavy atom. The normalized spacial score (nSPS) is 30.6. The molecule has 1 aliphatic heterocycles. The SMILES string of the molecule is c1ccc(C2CCC(N3CCNCC3)C2)nc1. The molecule has 2 unspecified atom stereocenters. The van der Waals surface area contributed by atoms with Gasteiger partial charge in [-0.15, -0.1) is 0 Å². The Bertz CT molecular complexity index is 346.